The Morgan fingerprint density at radius 3 is 2.66 bits per heavy atom. The van der Waals surface area contributed by atoms with E-state index in [4.69, 9.17) is 30.1 Å². The van der Waals surface area contributed by atoms with Crippen LogP contribution in [0, 0.1) is 6.92 Å². The molecule has 6 atom stereocenters. The molecule has 0 saturated carbocycles. The molecule has 0 amide bonds. The lowest BCUT2D eigenvalue weighted by molar-refractivity contribution is -0.149. The molecule has 12 nitrogen and oxygen atoms in total. The van der Waals surface area contributed by atoms with Gasteiger partial charge in [-0.1, -0.05) is 29.8 Å². The third kappa shape index (κ3) is 5.98. The first-order chi connectivity index (χ1) is 17.9. The number of esters is 1. The molecule has 1 aromatic carbocycles. The van der Waals surface area contributed by atoms with Gasteiger partial charge in [0.1, 0.15) is 29.8 Å². The van der Waals surface area contributed by atoms with E-state index in [0.717, 1.165) is 0 Å². The predicted molar refractivity (Wildman–Crippen MR) is 134 cm³/mol. The molecule has 2 N–H and O–H groups in total. The van der Waals surface area contributed by atoms with E-state index in [-0.39, 0.29) is 17.0 Å². The highest BCUT2D eigenvalue weighted by molar-refractivity contribution is 7.52. The number of aliphatic hydroxyl groups excluding tert-OH is 1. The van der Waals surface area contributed by atoms with E-state index < -0.39 is 56.0 Å². The van der Waals surface area contributed by atoms with Crippen molar-refractivity contribution < 1.29 is 37.4 Å². The van der Waals surface area contributed by atoms with Gasteiger partial charge in [0, 0.05) is 12.4 Å². The number of aliphatic hydroxyl groups is 1. The summed E-state index contributed by atoms with van der Waals surface area (Å²) in [5, 5.41) is 10.4. The van der Waals surface area contributed by atoms with Crippen LogP contribution in [0.2, 0.25) is 0 Å². The standard InChI is InChI=1S/C23H28ClFN5O7P/c1-13(2)35-21(32)14(3)29-38(33,37-16-8-6-5-7-9-16)34-12-17-18(31)23(24,25)22(36-17)30-15(4)28-19-20(30)27-11-10-26-19/h5-11,13-14,17-18,22,31H,12H2,1-4H3,(H,29,33)/t14-,17+,18+,22+,23+,38+/m0/s1. The zero-order valence-corrected chi connectivity index (χ0v) is 22.7. The zero-order chi connectivity index (χ0) is 27.7. The van der Waals surface area contributed by atoms with E-state index in [0.29, 0.717) is 5.82 Å². The van der Waals surface area contributed by atoms with Gasteiger partial charge in [0.05, 0.1) is 12.7 Å². The zero-order valence-electron chi connectivity index (χ0n) is 21.0. The fraction of sp³-hybridized carbons (Fsp3) is 0.478. The average Bonchev–Trinajstić information content (AvgIpc) is 3.29. The molecule has 4 rings (SSSR count). The third-order valence-corrected chi connectivity index (χ3v) is 7.61. The number of carbonyl (C=O) groups excluding carboxylic acids is 1. The molecule has 15 heteroatoms. The van der Waals surface area contributed by atoms with Gasteiger partial charge in [-0.3, -0.25) is 13.9 Å². The van der Waals surface area contributed by atoms with Crippen LogP contribution in [-0.4, -0.2) is 66.7 Å². The van der Waals surface area contributed by atoms with E-state index in [1.807, 2.05) is 0 Å². The summed E-state index contributed by atoms with van der Waals surface area (Å²) in [6.07, 6.45) is -2.43. The molecule has 1 fully saturated rings. The molecule has 0 radical (unpaired) electrons. The van der Waals surface area contributed by atoms with Crippen LogP contribution in [0.15, 0.2) is 42.7 Å². The highest BCUT2D eigenvalue weighted by Crippen LogP contribution is 2.49. The summed E-state index contributed by atoms with van der Waals surface area (Å²) in [5.41, 5.74) is 0.436. The Bertz CT molecular complexity index is 1330. The Kier molecular flexibility index (Phi) is 8.36. The largest absolute Gasteiger partial charge is 0.462 e. The first-order valence-corrected chi connectivity index (χ1v) is 13.7. The Balaban J connectivity index is 1.55. The van der Waals surface area contributed by atoms with Crippen molar-refractivity contribution in [3.8, 4) is 5.75 Å². The van der Waals surface area contributed by atoms with E-state index >= 15 is 4.39 Å². The minimum Gasteiger partial charge on any atom is -0.462 e. The average molecular weight is 572 g/mol. The van der Waals surface area contributed by atoms with Crippen LogP contribution in [0.25, 0.3) is 11.3 Å². The Hall–Kier alpha value is -2.67. The molecule has 3 heterocycles. The van der Waals surface area contributed by atoms with Crippen molar-refractivity contribution in [3.05, 3.63) is 48.5 Å². The van der Waals surface area contributed by atoms with E-state index in [1.54, 1.807) is 39.0 Å². The third-order valence-electron chi connectivity index (χ3n) is 5.55. The quantitative estimate of drug-likeness (QED) is 0.209. The lowest BCUT2D eigenvalue weighted by Gasteiger charge is -2.25. The summed E-state index contributed by atoms with van der Waals surface area (Å²) in [5.74, 6) is -0.218. The number of benzene rings is 1. The number of rotatable bonds is 10. The first-order valence-electron chi connectivity index (χ1n) is 11.8. The molecule has 1 saturated heterocycles. The van der Waals surface area contributed by atoms with Gasteiger partial charge in [0.15, 0.2) is 17.5 Å². The smallest absolute Gasteiger partial charge is 0.459 e. The van der Waals surface area contributed by atoms with Gasteiger partial charge >= 0.3 is 13.7 Å². The normalized spacial score (nSPS) is 25.8. The summed E-state index contributed by atoms with van der Waals surface area (Å²) >= 11 is 6.13. The van der Waals surface area contributed by atoms with Gasteiger partial charge < -0.3 is 19.1 Å². The molecule has 2 aromatic heterocycles. The van der Waals surface area contributed by atoms with Crippen molar-refractivity contribution in [3.63, 3.8) is 0 Å². The number of para-hydroxylation sites is 1. The van der Waals surface area contributed by atoms with E-state index in [9.17, 15) is 14.5 Å². The Labute approximate surface area is 223 Å². The van der Waals surface area contributed by atoms with Crippen molar-refractivity contribution in [2.45, 2.75) is 63.4 Å². The van der Waals surface area contributed by atoms with Crippen LogP contribution in [0.5, 0.6) is 5.75 Å². The summed E-state index contributed by atoms with van der Waals surface area (Å²) in [6.45, 7) is 5.73. The maximum Gasteiger partial charge on any atom is 0.459 e. The highest BCUT2D eigenvalue weighted by atomic mass is 35.5. The number of carbonyl (C=O) groups is 1. The minimum absolute atomic E-state index is 0.176. The molecule has 38 heavy (non-hydrogen) atoms. The second-order valence-electron chi connectivity index (χ2n) is 8.91. The molecule has 206 valence electrons. The van der Waals surface area contributed by atoms with E-state index in [2.05, 4.69) is 20.0 Å². The molecule has 3 aromatic rings. The second-order valence-corrected chi connectivity index (χ2v) is 11.2. The molecular weight excluding hydrogens is 544 g/mol. The molecule has 0 unspecified atom stereocenters. The maximum atomic E-state index is 15.7. The number of halogens is 2. The summed E-state index contributed by atoms with van der Waals surface area (Å²) < 4.78 is 52.6. The van der Waals surface area contributed by atoms with Crippen LogP contribution in [-0.2, 0) is 23.4 Å². The van der Waals surface area contributed by atoms with Crippen molar-refractivity contribution in [1.82, 2.24) is 24.6 Å². The molecule has 1 aliphatic heterocycles. The van der Waals surface area contributed by atoms with Gasteiger partial charge in [-0.25, -0.2) is 23.9 Å². The van der Waals surface area contributed by atoms with Crippen molar-refractivity contribution in [2.75, 3.05) is 6.61 Å². The van der Waals surface area contributed by atoms with Crippen LogP contribution < -0.4 is 9.61 Å². The number of nitrogens with one attached hydrogen (secondary N) is 1. The second kappa shape index (κ2) is 11.2. The number of ether oxygens (including phenoxy) is 2. The van der Waals surface area contributed by atoms with Crippen molar-refractivity contribution in [1.29, 1.82) is 0 Å². The van der Waals surface area contributed by atoms with Crippen molar-refractivity contribution in [2.24, 2.45) is 0 Å². The number of fused-ring (bicyclic) bond motifs is 1. The SMILES string of the molecule is Cc1nc2nccnc2n1[C@@H]1O[C@H](CO[P@](=O)(N[C@@H](C)C(=O)OC(C)C)Oc2ccccc2)[C@@H](O)[C@]1(F)Cl. The van der Waals surface area contributed by atoms with Gasteiger partial charge in [-0.2, -0.15) is 5.09 Å². The van der Waals surface area contributed by atoms with Gasteiger partial charge in [-0.15, -0.1) is 0 Å². The number of imidazole rings is 1. The van der Waals surface area contributed by atoms with Crippen molar-refractivity contribution >= 4 is 36.6 Å². The molecule has 1 aliphatic rings. The summed E-state index contributed by atoms with van der Waals surface area (Å²) in [6, 6.07) is 6.99. The van der Waals surface area contributed by atoms with E-state index in [1.165, 1.54) is 36.0 Å². The van der Waals surface area contributed by atoms with Crippen LogP contribution in [0.3, 0.4) is 0 Å². The fourth-order valence-electron chi connectivity index (χ4n) is 3.81. The number of alkyl halides is 2. The number of aromatic nitrogens is 4. The Morgan fingerprint density at radius 2 is 1.97 bits per heavy atom. The minimum atomic E-state index is -4.29. The van der Waals surface area contributed by atoms with Crippen LogP contribution in [0.1, 0.15) is 32.8 Å². The number of hydrogen-bond acceptors (Lipinski definition) is 10. The molecular formula is C23H28ClFN5O7P. The first kappa shape index (κ1) is 28.3. The predicted octanol–water partition coefficient (Wildman–Crippen LogP) is 3.43. The summed E-state index contributed by atoms with van der Waals surface area (Å²) in [4.78, 5) is 24.8. The topological polar surface area (TPSA) is 147 Å². The van der Waals surface area contributed by atoms with Gasteiger partial charge in [0.25, 0.3) is 5.13 Å². The molecule has 0 spiro atoms. The lowest BCUT2D eigenvalue weighted by atomic mass is 10.1. The lowest BCUT2D eigenvalue weighted by Crippen LogP contribution is -2.40. The van der Waals surface area contributed by atoms with Crippen LogP contribution in [0.4, 0.5) is 4.39 Å². The van der Waals surface area contributed by atoms with Crippen LogP contribution >= 0.6 is 19.3 Å². The monoisotopic (exact) mass is 571 g/mol. The van der Waals surface area contributed by atoms with Gasteiger partial charge in [-0.05, 0) is 39.8 Å². The fourth-order valence-corrected chi connectivity index (χ4v) is 5.60. The summed E-state index contributed by atoms with van der Waals surface area (Å²) in [7, 11) is -4.29. The maximum absolute atomic E-state index is 15.7. The number of hydrogen-bond donors (Lipinski definition) is 2. The number of aryl methyl sites for hydroxylation is 1. The highest BCUT2D eigenvalue weighted by Gasteiger charge is 2.58. The van der Waals surface area contributed by atoms with Gasteiger partial charge in [0.2, 0.25) is 0 Å². The molecule has 0 aliphatic carbocycles. The Morgan fingerprint density at radius 1 is 1.29 bits per heavy atom. The number of nitrogens with zero attached hydrogens (tertiary/aromatic N) is 4. The molecule has 0 bridgehead atoms.